The lowest BCUT2D eigenvalue weighted by Gasteiger charge is -2.29. The molecule has 3 rings (SSSR count). The molecular formula is C13H20N4. The normalized spacial score (nSPS) is 32.6. The molecular weight excluding hydrogens is 212 g/mol. The van der Waals surface area contributed by atoms with E-state index in [4.69, 9.17) is 5.73 Å². The van der Waals surface area contributed by atoms with Crippen LogP contribution in [0.2, 0.25) is 0 Å². The Morgan fingerprint density at radius 2 is 2.24 bits per heavy atom. The van der Waals surface area contributed by atoms with E-state index in [9.17, 15) is 0 Å². The first-order valence-corrected chi connectivity index (χ1v) is 6.54. The highest BCUT2D eigenvalue weighted by molar-refractivity contribution is 5.39. The summed E-state index contributed by atoms with van der Waals surface area (Å²) >= 11 is 0. The van der Waals surface area contributed by atoms with Crippen molar-refractivity contribution in [3.63, 3.8) is 0 Å². The molecule has 1 aliphatic heterocycles. The Kier molecular flexibility index (Phi) is 2.74. The van der Waals surface area contributed by atoms with Gasteiger partial charge in [-0.2, -0.15) is 0 Å². The van der Waals surface area contributed by atoms with Crippen molar-refractivity contribution < 1.29 is 0 Å². The molecule has 1 aromatic rings. The highest BCUT2D eigenvalue weighted by Crippen LogP contribution is 2.36. The van der Waals surface area contributed by atoms with E-state index in [0.29, 0.717) is 12.0 Å². The Hall–Kier alpha value is -1.16. The minimum Gasteiger partial charge on any atom is -0.356 e. The molecule has 2 heterocycles. The molecule has 2 aliphatic rings. The third-order valence-corrected chi connectivity index (χ3v) is 4.24. The van der Waals surface area contributed by atoms with E-state index < -0.39 is 0 Å². The second-order valence-corrected chi connectivity index (χ2v) is 5.39. The summed E-state index contributed by atoms with van der Waals surface area (Å²) in [6.07, 6.45) is 5.66. The Bertz CT molecular complexity index is 406. The van der Waals surface area contributed by atoms with Gasteiger partial charge < -0.3 is 10.6 Å². The molecule has 0 bridgehead atoms. The number of hydrogen-bond donors (Lipinski definition) is 1. The van der Waals surface area contributed by atoms with Crippen molar-refractivity contribution in [2.75, 3.05) is 18.0 Å². The lowest BCUT2D eigenvalue weighted by atomic mass is 9.78. The van der Waals surface area contributed by atoms with Gasteiger partial charge >= 0.3 is 0 Å². The van der Waals surface area contributed by atoms with E-state index in [1.54, 1.807) is 0 Å². The molecule has 1 aromatic heterocycles. The summed E-state index contributed by atoms with van der Waals surface area (Å²) < 4.78 is 0. The van der Waals surface area contributed by atoms with Gasteiger partial charge in [-0.05, 0) is 37.7 Å². The molecule has 2 fully saturated rings. The molecule has 92 valence electrons. The second-order valence-electron chi connectivity index (χ2n) is 5.39. The SMILES string of the molecule is Cc1nccc(N2CC3CCCC(N)C3C2)n1. The summed E-state index contributed by atoms with van der Waals surface area (Å²) in [6.45, 7) is 4.13. The first kappa shape index (κ1) is 11.0. The van der Waals surface area contributed by atoms with Crippen LogP contribution >= 0.6 is 0 Å². The van der Waals surface area contributed by atoms with Crippen molar-refractivity contribution in [3.8, 4) is 0 Å². The summed E-state index contributed by atoms with van der Waals surface area (Å²) in [6, 6.07) is 2.40. The minimum absolute atomic E-state index is 0.390. The van der Waals surface area contributed by atoms with E-state index in [2.05, 4.69) is 14.9 Å². The zero-order valence-corrected chi connectivity index (χ0v) is 10.3. The van der Waals surface area contributed by atoms with Crippen molar-refractivity contribution in [1.82, 2.24) is 9.97 Å². The standard InChI is InChI=1S/C13H20N4/c1-9-15-6-5-13(16-9)17-7-10-3-2-4-12(14)11(10)8-17/h5-6,10-12H,2-4,7-8,14H2,1H3. The average molecular weight is 232 g/mol. The zero-order chi connectivity index (χ0) is 11.8. The molecule has 0 aromatic carbocycles. The summed E-state index contributed by atoms with van der Waals surface area (Å²) in [4.78, 5) is 11.1. The Morgan fingerprint density at radius 1 is 1.35 bits per heavy atom. The monoisotopic (exact) mass is 232 g/mol. The third kappa shape index (κ3) is 2.02. The molecule has 2 N–H and O–H groups in total. The number of nitrogens with zero attached hydrogens (tertiary/aromatic N) is 3. The van der Waals surface area contributed by atoms with Gasteiger partial charge in [0.15, 0.2) is 0 Å². The molecule has 0 amide bonds. The maximum atomic E-state index is 6.23. The van der Waals surface area contributed by atoms with Crippen LogP contribution in [0.3, 0.4) is 0 Å². The van der Waals surface area contributed by atoms with Crippen LogP contribution in [-0.4, -0.2) is 29.1 Å². The van der Waals surface area contributed by atoms with Crippen molar-refractivity contribution in [2.24, 2.45) is 17.6 Å². The van der Waals surface area contributed by atoms with E-state index in [-0.39, 0.29) is 0 Å². The predicted octanol–water partition coefficient (Wildman–Crippen LogP) is 1.35. The fourth-order valence-electron chi connectivity index (χ4n) is 3.32. The summed E-state index contributed by atoms with van der Waals surface area (Å²) in [5.41, 5.74) is 6.23. The molecule has 1 aliphatic carbocycles. The van der Waals surface area contributed by atoms with Crippen LogP contribution in [0, 0.1) is 18.8 Å². The fraction of sp³-hybridized carbons (Fsp3) is 0.692. The molecule has 3 atom stereocenters. The number of fused-ring (bicyclic) bond motifs is 1. The number of aromatic nitrogens is 2. The van der Waals surface area contributed by atoms with Crippen molar-refractivity contribution in [1.29, 1.82) is 0 Å². The van der Waals surface area contributed by atoms with E-state index >= 15 is 0 Å². The highest BCUT2D eigenvalue weighted by atomic mass is 15.2. The number of nitrogens with two attached hydrogens (primary N) is 1. The molecule has 4 nitrogen and oxygen atoms in total. The molecule has 0 spiro atoms. The Labute approximate surface area is 102 Å². The van der Waals surface area contributed by atoms with Gasteiger partial charge in [-0.15, -0.1) is 0 Å². The van der Waals surface area contributed by atoms with Gasteiger partial charge in [0, 0.05) is 25.3 Å². The Balaban J connectivity index is 1.79. The maximum Gasteiger partial charge on any atom is 0.132 e. The predicted molar refractivity (Wildman–Crippen MR) is 67.8 cm³/mol. The highest BCUT2D eigenvalue weighted by Gasteiger charge is 2.39. The van der Waals surface area contributed by atoms with Gasteiger partial charge in [0.2, 0.25) is 0 Å². The maximum absolute atomic E-state index is 6.23. The van der Waals surface area contributed by atoms with Crippen LogP contribution < -0.4 is 10.6 Å². The van der Waals surface area contributed by atoms with Gasteiger partial charge in [-0.1, -0.05) is 6.42 Å². The minimum atomic E-state index is 0.390. The molecule has 1 saturated carbocycles. The Morgan fingerprint density at radius 3 is 3.00 bits per heavy atom. The van der Waals surface area contributed by atoms with E-state index in [0.717, 1.165) is 30.6 Å². The van der Waals surface area contributed by atoms with Gasteiger partial charge in [0.1, 0.15) is 11.6 Å². The van der Waals surface area contributed by atoms with Crippen LogP contribution in [-0.2, 0) is 0 Å². The topological polar surface area (TPSA) is 55.0 Å². The average Bonchev–Trinajstić information content (AvgIpc) is 2.74. The van der Waals surface area contributed by atoms with Gasteiger partial charge in [-0.25, -0.2) is 9.97 Å². The summed E-state index contributed by atoms with van der Waals surface area (Å²) in [7, 11) is 0. The largest absolute Gasteiger partial charge is 0.356 e. The van der Waals surface area contributed by atoms with E-state index in [1.807, 2.05) is 19.2 Å². The van der Waals surface area contributed by atoms with Crippen LogP contribution in [0.15, 0.2) is 12.3 Å². The van der Waals surface area contributed by atoms with Gasteiger partial charge in [0.05, 0.1) is 0 Å². The van der Waals surface area contributed by atoms with Crippen molar-refractivity contribution in [3.05, 3.63) is 18.1 Å². The number of rotatable bonds is 1. The number of hydrogen-bond acceptors (Lipinski definition) is 4. The molecule has 0 radical (unpaired) electrons. The number of aryl methyl sites for hydroxylation is 1. The lowest BCUT2D eigenvalue weighted by Crippen LogP contribution is -2.38. The zero-order valence-electron chi connectivity index (χ0n) is 10.3. The molecule has 1 saturated heterocycles. The molecule has 4 heteroatoms. The fourth-order valence-corrected chi connectivity index (χ4v) is 3.32. The van der Waals surface area contributed by atoms with Crippen LogP contribution in [0.5, 0.6) is 0 Å². The lowest BCUT2D eigenvalue weighted by molar-refractivity contribution is 0.260. The second kappa shape index (κ2) is 4.26. The van der Waals surface area contributed by atoms with Crippen LogP contribution in [0.4, 0.5) is 5.82 Å². The van der Waals surface area contributed by atoms with Gasteiger partial charge in [-0.3, -0.25) is 0 Å². The van der Waals surface area contributed by atoms with Gasteiger partial charge in [0.25, 0.3) is 0 Å². The third-order valence-electron chi connectivity index (χ3n) is 4.24. The number of anilines is 1. The smallest absolute Gasteiger partial charge is 0.132 e. The van der Waals surface area contributed by atoms with E-state index in [1.165, 1.54) is 19.3 Å². The van der Waals surface area contributed by atoms with Crippen LogP contribution in [0.1, 0.15) is 25.1 Å². The quantitative estimate of drug-likeness (QED) is 0.794. The molecule has 3 unspecified atom stereocenters. The van der Waals surface area contributed by atoms with Crippen LogP contribution in [0.25, 0.3) is 0 Å². The summed E-state index contributed by atoms with van der Waals surface area (Å²) in [5, 5.41) is 0. The summed E-state index contributed by atoms with van der Waals surface area (Å²) in [5.74, 6) is 3.36. The van der Waals surface area contributed by atoms with Crippen molar-refractivity contribution in [2.45, 2.75) is 32.2 Å². The van der Waals surface area contributed by atoms with Crippen molar-refractivity contribution >= 4 is 5.82 Å². The first-order chi connectivity index (χ1) is 8.24. The molecule has 17 heavy (non-hydrogen) atoms. The first-order valence-electron chi connectivity index (χ1n) is 6.54.